The van der Waals surface area contributed by atoms with Gasteiger partial charge in [-0.15, -0.1) is 0 Å². The van der Waals surface area contributed by atoms with Crippen LogP contribution in [0.1, 0.15) is 0 Å². The second-order valence-electron chi connectivity index (χ2n) is 2.58. The van der Waals surface area contributed by atoms with Gasteiger partial charge in [0.1, 0.15) is 0 Å². The second kappa shape index (κ2) is 3.84. The van der Waals surface area contributed by atoms with Crippen molar-refractivity contribution in [3.8, 4) is 0 Å². The number of carbonyl (C=O) groups excluding carboxylic acids is 1. The maximum atomic E-state index is 12.5. The number of benzene rings is 1. The molecule has 1 aromatic carbocycles. The molecule has 1 aromatic rings. The summed E-state index contributed by atoms with van der Waals surface area (Å²) in [5, 5.41) is 1.38. The van der Waals surface area contributed by atoms with Gasteiger partial charge < -0.3 is 5.32 Å². The molecule has 1 N–H and O–H groups in total. The second-order valence-corrected chi connectivity index (χ2v) is 2.58. The van der Waals surface area contributed by atoms with Gasteiger partial charge in [0.15, 0.2) is 11.6 Å². The Hall–Kier alpha value is -1.66. The van der Waals surface area contributed by atoms with Gasteiger partial charge in [0.05, 0.1) is 0 Å². The first-order valence-electron chi connectivity index (χ1n) is 3.64. The van der Waals surface area contributed by atoms with Crippen LogP contribution in [0.3, 0.4) is 0 Å². The molecule has 15 heavy (non-hydrogen) atoms. The van der Waals surface area contributed by atoms with Crippen molar-refractivity contribution in [3.05, 3.63) is 29.8 Å². The van der Waals surface area contributed by atoms with Crippen molar-refractivity contribution in [2.45, 2.75) is 6.18 Å². The van der Waals surface area contributed by atoms with Crippen LogP contribution in [0, 0.1) is 11.6 Å². The van der Waals surface area contributed by atoms with Gasteiger partial charge in [0.25, 0.3) is 0 Å². The maximum absolute atomic E-state index is 12.5. The van der Waals surface area contributed by atoms with Crippen LogP contribution in [0.25, 0.3) is 0 Å². The number of hydrogen-bond acceptors (Lipinski definition) is 1. The number of rotatable bonds is 1. The predicted molar refractivity (Wildman–Crippen MR) is 41.0 cm³/mol. The van der Waals surface area contributed by atoms with Gasteiger partial charge in [-0.2, -0.15) is 13.2 Å². The van der Waals surface area contributed by atoms with Gasteiger partial charge in [-0.3, -0.25) is 4.79 Å². The zero-order valence-electron chi connectivity index (χ0n) is 7.03. The summed E-state index contributed by atoms with van der Waals surface area (Å²) >= 11 is 0. The van der Waals surface area contributed by atoms with Crippen molar-refractivity contribution >= 4 is 11.6 Å². The molecule has 0 aliphatic carbocycles. The lowest BCUT2D eigenvalue weighted by Crippen LogP contribution is -2.29. The lowest BCUT2D eigenvalue weighted by Gasteiger charge is -2.07. The standard InChI is InChI=1S/C8H4F5NO/c9-5-2-1-4(3-6(5)10)14-7(15)8(11,12)13/h1-3H,(H,14,15). The van der Waals surface area contributed by atoms with Crippen molar-refractivity contribution in [3.63, 3.8) is 0 Å². The van der Waals surface area contributed by atoms with Crippen LogP contribution in [0.5, 0.6) is 0 Å². The third kappa shape index (κ3) is 2.90. The van der Waals surface area contributed by atoms with E-state index in [2.05, 4.69) is 0 Å². The van der Waals surface area contributed by atoms with Gasteiger partial charge in [0.2, 0.25) is 0 Å². The van der Waals surface area contributed by atoms with Gasteiger partial charge in [-0.25, -0.2) is 8.78 Å². The first-order valence-corrected chi connectivity index (χ1v) is 3.64. The molecule has 0 bridgehead atoms. The van der Waals surface area contributed by atoms with E-state index in [1.54, 1.807) is 0 Å². The molecule has 82 valence electrons. The fourth-order valence-corrected chi connectivity index (χ4v) is 0.776. The minimum absolute atomic E-state index is 0.457. The van der Waals surface area contributed by atoms with Crippen LogP contribution in [-0.2, 0) is 4.79 Å². The molecule has 0 heterocycles. The van der Waals surface area contributed by atoms with E-state index >= 15 is 0 Å². The maximum Gasteiger partial charge on any atom is 0.471 e. The van der Waals surface area contributed by atoms with Crippen LogP contribution >= 0.6 is 0 Å². The summed E-state index contributed by atoms with van der Waals surface area (Å²) in [6.45, 7) is 0. The third-order valence-corrected chi connectivity index (χ3v) is 1.43. The van der Waals surface area contributed by atoms with E-state index in [1.807, 2.05) is 0 Å². The zero-order valence-corrected chi connectivity index (χ0v) is 7.03. The Balaban J connectivity index is 2.83. The molecule has 0 fully saturated rings. The fourth-order valence-electron chi connectivity index (χ4n) is 0.776. The smallest absolute Gasteiger partial charge is 0.318 e. The van der Waals surface area contributed by atoms with Crippen LogP contribution < -0.4 is 5.32 Å². The van der Waals surface area contributed by atoms with Gasteiger partial charge in [-0.1, -0.05) is 0 Å². The van der Waals surface area contributed by atoms with Crippen LogP contribution in [0.2, 0.25) is 0 Å². The number of anilines is 1. The average molecular weight is 225 g/mol. The first-order chi connectivity index (χ1) is 6.80. The van der Waals surface area contributed by atoms with Gasteiger partial charge in [0, 0.05) is 11.8 Å². The summed E-state index contributed by atoms with van der Waals surface area (Å²) in [6, 6.07) is 1.89. The molecular formula is C8H4F5NO. The Morgan fingerprint density at radius 3 is 2.20 bits per heavy atom. The first kappa shape index (κ1) is 11.4. The molecule has 0 atom stereocenters. The number of alkyl halides is 3. The lowest BCUT2D eigenvalue weighted by atomic mass is 10.3. The molecule has 0 saturated heterocycles. The van der Waals surface area contributed by atoms with Crippen molar-refractivity contribution in [1.29, 1.82) is 0 Å². The van der Waals surface area contributed by atoms with Gasteiger partial charge >= 0.3 is 12.1 Å². The molecule has 1 rings (SSSR count). The minimum atomic E-state index is -5.06. The van der Waals surface area contributed by atoms with Crippen molar-refractivity contribution in [1.82, 2.24) is 0 Å². The van der Waals surface area contributed by atoms with E-state index in [1.165, 1.54) is 5.32 Å². The normalized spacial score (nSPS) is 11.3. The summed E-state index contributed by atoms with van der Waals surface area (Å²) in [4.78, 5) is 10.4. The Morgan fingerprint density at radius 2 is 1.73 bits per heavy atom. The average Bonchev–Trinajstić information content (AvgIpc) is 2.10. The van der Waals surface area contributed by atoms with E-state index in [4.69, 9.17) is 0 Å². The topological polar surface area (TPSA) is 29.1 Å². The molecule has 0 spiro atoms. The number of hydrogen-bond donors (Lipinski definition) is 1. The highest BCUT2D eigenvalue weighted by molar-refractivity contribution is 5.94. The lowest BCUT2D eigenvalue weighted by molar-refractivity contribution is -0.167. The van der Waals surface area contributed by atoms with E-state index in [9.17, 15) is 26.7 Å². The van der Waals surface area contributed by atoms with E-state index in [0.29, 0.717) is 12.1 Å². The summed E-state index contributed by atoms with van der Waals surface area (Å²) in [7, 11) is 0. The molecule has 0 aromatic heterocycles. The van der Waals surface area contributed by atoms with Gasteiger partial charge in [-0.05, 0) is 12.1 Å². The highest BCUT2D eigenvalue weighted by atomic mass is 19.4. The molecule has 0 unspecified atom stereocenters. The highest BCUT2D eigenvalue weighted by Crippen LogP contribution is 2.19. The van der Waals surface area contributed by atoms with E-state index in [-0.39, 0.29) is 0 Å². The van der Waals surface area contributed by atoms with Crippen molar-refractivity contribution < 1.29 is 26.7 Å². The number of carbonyl (C=O) groups is 1. The molecule has 0 aliphatic rings. The number of amides is 1. The Labute approximate surface area is 80.7 Å². The fraction of sp³-hybridized carbons (Fsp3) is 0.125. The molecule has 2 nitrogen and oxygen atoms in total. The molecular weight excluding hydrogens is 221 g/mol. The predicted octanol–water partition coefficient (Wildman–Crippen LogP) is 2.47. The molecule has 0 radical (unpaired) electrons. The highest BCUT2D eigenvalue weighted by Gasteiger charge is 2.38. The van der Waals surface area contributed by atoms with Crippen LogP contribution in [0.4, 0.5) is 27.6 Å². The van der Waals surface area contributed by atoms with Crippen molar-refractivity contribution in [2.24, 2.45) is 0 Å². The number of halogens is 5. The summed E-state index contributed by atoms with van der Waals surface area (Å²) in [6.07, 6.45) is -5.06. The summed E-state index contributed by atoms with van der Waals surface area (Å²) in [5.74, 6) is -4.79. The molecule has 1 amide bonds. The molecule has 0 aliphatic heterocycles. The Bertz CT molecular complexity index is 387. The molecule has 0 saturated carbocycles. The number of nitrogens with one attached hydrogen (secondary N) is 1. The largest absolute Gasteiger partial charge is 0.471 e. The molecule has 7 heteroatoms. The summed E-state index contributed by atoms with van der Waals surface area (Å²) < 4.78 is 60.1. The summed E-state index contributed by atoms with van der Waals surface area (Å²) in [5.41, 5.74) is -0.462. The third-order valence-electron chi connectivity index (χ3n) is 1.43. The zero-order chi connectivity index (χ0) is 11.6. The van der Waals surface area contributed by atoms with E-state index < -0.39 is 29.4 Å². The Kier molecular flexibility index (Phi) is 2.92. The minimum Gasteiger partial charge on any atom is -0.318 e. The van der Waals surface area contributed by atoms with Crippen molar-refractivity contribution in [2.75, 3.05) is 5.32 Å². The quantitative estimate of drug-likeness (QED) is 0.731. The monoisotopic (exact) mass is 225 g/mol. The SMILES string of the molecule is O=C(Nc1ccc(F)c(F)c1)C(F)(F)F. The van der Waals surface area contributed by atoms with Crippen LogP contribution in [-0.4, -0.2) is 12.1 Å². The van der Waals surface area contributed by atoms with Crippen LogP contribution in [0.15, 0.2) is 18.2 Å². The Morgan fingerprint density at radius 1 is 1.13 bits per heavy atom. The van der Waals surface area contributed by atoms with E-state index in [0.717, 1.165) is 6.07 Å².